The molecule has 1 aliphatic heterocycles. The molecule has 6 atom stereocenters. The van der Waals surface area contributed by atoms with E-state index in [0.717, 1.165) is 36.2 Å². The number of amidine groups is 1. The lowest BCUT2D eigenvalue weighted by molar-refractivity contribution is -0.142. The monoisotopic (exact) mass is 469 g/mol. The minimum Gasteiger partial charge on any atom is -0.481 e. The average Bonchev–Trinajstić information content (AvgIpc) is 3.29. The summed E-state index contributed by atoms with van der Waals surface area (Å²) in [7, 11) is 1.76. The number of carboxylic acid groups (broad SMARTS) is 1. The largest absolute Gasteiger partial charge is 0.481 e. The first-order valence-electron chi connectivity index (χ1n) is 12.5. The van der Waals surface area contributed by atoms with Crippen LogP contribution in [0.4, 0.5) is 0 Å². The minimum absolute atomic E-state index is 0.00355. The van der Waals surface area contributed by atoms with Crippen molar-refractivity contribution >= 4 is 11.8 Å². The van der Waals surface area contributed by atoms with E-state index in [1.165, 1.54) is 11.1 Å². The van der Waals surface area contributed by atoms with Gasteiger partial charge < -0.3 is 20.3 Å². The molecular formula is C27H39N3O4. The van der Waals surface area contributed by atoms with Crippen LogP contribution in [0.2, 0.25) is 0 Å². The van der Waals surface area contributed by atoms with E-state index in [0.29, 0.717) is 12.8 Å². The van der Waals surface area contributed by atoms with E-state index in [2.05, 4.69) is 48.8 Å². The van der Waals surface area contributed by atoms with Crippen LogP contribution in [0.3, 0.4) is 0 Å². The van der Waals surface area contributed by atoms with Crippen molar-refractivity contribution in [1.29, 1.82) is 0 Å². The Hall–Kier alpha value is -2.22. The highest BCUT2D eigenvalue weighted by molar-refractivity contribution is 6.01. The van der Waals surface area contributed by atoms with E-state index in [4.69, 9.17) is 9.73 Å². The summed E-state index contributed by atoms with van der Waals surface area (Å²) in [4.78, 5) is 16.3. The maximum atomic E-state index is 11.4. The molecule has 0 spiro atoms. The molecule has 0 aromatic carbocycles. The molecule has 4 aliphatic rings. The number of nitrogens with zero attached hydrogens (tertiary/aromatic N) is 1. The number of aliphatic imine (C=N–C) groups is 1. The topological polar surface area (TPSA) is 103 Å². The van der Waals surface area contributed by atoms with E-state index in [1.54, 1.807) is 7.11 Å². The van der Waals surface area contributed by atoms with Crippen LogP contribution in [0.25, 0.3) is 0 Å². The van der Waals surface area contributed by atoms with Crippen LogP contribution < -0.4 is 10.6 Å². The fraction of sp³-hybridized carbons (Fsp3) is 0.630. The van der Waals surface area contributed by atoms with Crippen molar-refractivity contribution in [2.45, 2.75) is 89.8 Å². The predicted octanol–water partition coefficient (Wildman–Crippen LogP) is 3.48. The zero-order valence-electron chi connectivity index (χ0n) is 21.0. The number of allylic oxidation sites excluding steroid dienone is 2. The smallest absolute Gasteiger partial charge is 0.306 e. The average molecular weight is 470 g/mol. The summed E-state index contributed by atoms with van der Waals surface area (Å²) in [5, 5.41) is 27.0. The highest BCUT2D eigenvalue weighted by Gasteiger charge is 2.38. The quantitative estimate of drug-likeness (QED) is 0.444. The number of carbonyl (C=O) groups is 1. The lowest BCUT2D eigenvalue weighted by atomic mass is 9.75. The van der Waals surface area contributed by atoms with Gasteiger partial charge in [-0.25, -0.2) is 4.99 Å². The second kappa shape index (κ2) is 9.80. The molecule has 7 heteroatoms. The second-order valence-electron chi connectivity index (χ2n) is 10.6. The number of aliphatic carboxylic acids is 1. The van der Waals surface area contributed by atoms with Crippen molar-refractivity contribution in [3.63, 3.8) is 0 Å². The van der Waals surface area contributed by atoms with Crippen molar-refractivity contribution < 1.29 is 19.7 Å². The summed E-state index contributed by atoms with van der Waals surface area (Å²) >= 11 is 0. The van der Waals surface area contributed by atoms with Gasteiger partial charge in [-0.1, -0.05) is 29.9 Å². The summed E-state index contributed by atoms with van der Waals surface area (Å²) in [5.74, 6) is 0.0406. The Morgan fingerprint density at radius 1 is 1.35 bits per heavy atom. The van der Waals surface area contributed by atoms with Crippen molar-refractivity contribution in [1.82, 2.24) is 10.6 Å². The number of rotatable bonds is 6. The third-order valence-electron chi connectivity index (χ3n) is 7.71. The third-order valence-corrected chi connectivity index (χ3v) is 7.71. The number of hydrogen-bond donors (Lipinski definition) is 4. The minimum atomic E-state index is -0.814. The molecule has 0 radical (unpaired) electrons. The maximum absolute atomic E-state index is 11.4. The van der Waals surface area contributed by atoms with Gasteiger partial charge in [0, 0.05) is 30.7 Å². The van der Waals surface area contributed by atoms with Crippen molar-refractivity contribution in [2.24, 2.45) is 16.8 Å². The Morgan fingerprint density at radius 3 is 2.71 bits per heavy atom. The number of fused-ring (bicyclic) bond motifs is 1. The molecule has 4 N–H and O–H groups in total. The predicted molar refractivity (Wildman–Crippen MR) is 134 cm³/mol. The van der Waals surface area contributed by atoms with Crippen molar-refractivity contribution in [3.8, 4) is 0 Å². The SMILES string of the molecule is COC1CC2NC(C)N=C(NC(C)C3=CCC(C(C)(C)O)=C3)C2=CC1C1=CCC(C(=O)O)CC1. The Balaban J connectivity index is 1.57. The molecule has 0 saturated carbocycles. The van der Waals surface area contributed by atoms with Crippen molar-refractivity contribution in [3.05, 3.63) is 46.6 Å². The molecule has 0 bridgehead atoms. The lowest BCUT2D eigenvalue weighted by Gasteiger charge is -2.41. The molecule has 0 amide bonds. The number of carboxylic acids is 1. The molecule has 34 heavy (non-hydrogen) atoms. The molecule has 4 rings (SSSR count). The van der Waals surface area contributed by atoms with Gasteiger partial charge in [0.2, 0.25) is 0 Å². The highest BCUT2D eigenvalue weighted by atomic mass is 16.5. The van der Waals surface area contributed by atoms with Gasteiger partial charge in [0.05, 0.1) is 23.8 Å². The fourth-order valence-corrected chi connectivity index (χ4v) is 5.58. The van der Waals surface area contributed by atoms with Gasteiger partial charge in [-0.3, -0.25) is 10.1 Å². The standard InChI is InChI=1S/C27H39N3O4/c1-15(19-10-11-20(12-19)27(3,4)33)28-25-22-13-21(17-6-8-18(9-7-17)26(31)32)24(34-5)14-23(22)29-16(2)30-25/h6,10,12-13,15-16,18,21,23-24,29,33H,7-9,11,14H2,1-5H3,(H,28,30)(H,31,32). The van der Waals surface area contributed by atoms with E-state index in [1.807, 2.05) is 13.8 Å². The summed E-state index contributed by atoms with van der Waals surface area (Å²) in [6, 6.07) is 0.216. The number of methoxy groups -OCH3 is 1. The summed E-state index contributed by atoms with van der Waals surface area (Å²) in [5.41, 5.74) is 3.82. The molecule has 186 valence electrons. The Bertz CT molecular complexity index is 969. The first-order valence-corrected chi connectivity index (χ1v) is 12.5. The fourth-order valence-electron chi connectivity index (χ4n) is 5.58. The van der Waals surface area contributed by atoms with Crippen LogP contribution in [0, 0.1) is 11.8 Å². The number of aliphatic hydroxyl groups is 1. The lowest BCUT2D eigenvalue weighted by Crippen LogP contribution is -2.53. The zero-order chi connectivity index (χ0) is 24.6. The highest BCUT2D eigenvalue weighted by Crippen LogP contribution is 2.38. The van der Waals surface area contributed by atoms with Crippen LogP contribution in [0.1, 0.15) is 59.8 Å². The molecule has 7 nitrogen and oxygen atoms in total. The van der Waals surface area contributed by atoms with Gasteiger partial charge in [0.1, 0.15) is 5.84 Å². The van der Waals surface area contributed by atoms with Gasteiger partial charge in [-0.2, -0.15) is 0 Å². The zero-order valence-corrected chi connectivity index (χ0v) is 21.0. The number of hydrogen-bond acceptors (Lipinski definition) is 6. The summed E-state index contributed by atoms with van der Waals surface area (Å²) in [6.07, 6.45) is 12.4. The number of nitrogens with one attached hydrogen (secondary N) is 2. The Kier molecular flexibility index (Phi) is 7.17. The van der Waals surface area contributed by atoms with Crippen LogP contribution in [0.5, 0.6) is 0 Å². The van der Waals surface area contributed by atoms with E-state index < -0.39 is 11.6 Å². The van der Waals surface area contributed by atoms with Gasteiger partial charge in [0.25, 0.3) is 0 Å². The van der Waals surface area contributed by atoms with Gasteiger partial charge >= 0.3 is 5.97 Å². The molecule has 0 aromatic rings. The van der Waals surface area contributed by atoms with Crippen LogP contribution >= 0.6 is 0 Å². The van der Waals surface area contributed by atoms with E-state index >= 15 is 0 Å². The van der Waals surface area contributed by atoms with E-state index in [9.17, 15) is 15.0 Å². The van der Waals surface area contributed by atoms with Crippen LogP contribution in [-0.4, -0.2) is 59.1 Å². The van der Waals surface area contributed by atoms with Gasteiger partial charge in [0.15, 0.2) is 0 Å². The van der Waals surface area contributed by atoms with E-state index in [-0.39, 0.29) is 36.2 Å². The normalized spacial score (nSPS) is 32.5. The van der Waals surface area contributed by atoms with Crippen LogP contribution in [0.15, 0.2) is 51.6 Å². The molecular weight excluding hydrogens is 430 g/mol. The summed E-state index contributed by atoms with van der Waals surface area (Å²) < 4.78 is 5.91. The first kappa shape index (κ1) is 24.9. The van der Waals surface area contributed by atoms with Crippen molar-refractivity contribution in [2.75, 3.05) is 7.11 Å². The van der Waals surface area contributed by atoms with Gasteiger partial charge in [-0.15, -0.1) is 0 Å². The van der Waals surface area contributed by atoms with Crippen LogP contribution in [-0.2, 0) is 9.53 Å². The third kappa shape index (κ3) is 5.21. The molecule has 6 unspecified atom stereocenters. The molecule has 0 aromatic heterocycles. The summed E-state index contributed by atoms with van der Waals surface area (Å²) in [6.45, 7) is 7.85. The molecule has 1 heterocycles. The second-order valence-corrected chi connectivity index (χ2v) is 10.6. The maximum Gasteiger partial charge on any atom is 0.306 e. The Labute approximate surface area is 202 Å². The number of ether oxygens (including phenoxy) is 1. The molecule has 3 aliphatic carbocycles. The van der Waals surface area contributed by atoms with Gasteiger partial charge in [-0.05, 0) is 70.9 Å². The molecule has 0 saturated heterocycles. The molecule has 0 fully saturated rings. The first-order chi connectivity index (χ1) is 16.1. The Morgan fingerprint density at radius 2 is 2.12 bits per heavy atom.